The topological polar surface area (TPSA) is 3.24 Å². The van der Waals surface area contributed by atoms with Gasteiger partial charge in [0.05, 0.1) is 0 Å². The predicted octanol–water partition coefficient (Wildman–Crippen LogP) is 3.05. The van der Waals surface area contributed by atoms with Gasteiger partial charge in [-0.05, 0) is 51.1 Å². The van der Waals surface area contributed by atoms with E-state index in [1.165, 1.54) is 58.0 Å². The van der Waals surface area contributed by atoms with Crippen molar-refractivity contribution in [3.8, 4) is 0 Å². The second kappa shape index (κ2) is 4.45. The standard InChI is InChI=1S/C12H23N/c1-2-3-4-8-13-9-7-11-5-6-12(13)10-11/h11-12H,2-10H2,1H3. The van der Waals surface area contributed by atoms with E-state index in [-0.39, 0.29) is 0 Å². The van der Waals surface area contributed by atoms with Crippen LogP contribution in [-0.2, 0) is 0 Å². The summed E-state index contributed by atoms with van der Waals surface area (Å²) in [5, 5.41) is 0. The third-order valence-electron chi connectivity index (χ3n) is 3.90. The van der Waals surface area contributed by atoms with E-state index in [1.54, 1.807) is 0 Å². The summed E-state index contributed by atoms with van der Waals surface area (Å²) in [5.74, 6) is 1.10. The van der Waals surface area contributed by atoms with Crippen LogP contribution in [0.5, 0.6) is 0 Å². The number of piperidine rings is 1. The van der Waals surface area contributed by atoms with Crippen molar-refractivity contribution in [2.24, 2.45) is 5.92 Å². The lowest BCUT2D eigenvalue weighted by Crippen LogP contribution is -2.38. The van der Waals surface area contributed by atoms with Crippen molar-refractivity contribution in [2.75, 3.05) is 13.1 Å². The van der Waals surface area contributed by atoms with Gasteiger partial charge in [0.15, 0.2) is 0 Å². The van der Waals surface area contributed by atoms with Gasteiger partial charge in [-0.2, -0.15) is 0 Å². The minimum absolute atomic E-state index is 0.982. The summed E-state index contributed by atoms with van der Waals surface area (Å²) in [4.78, 5) is 2.76. The molecular formula is C12H23N. The van der Waals surface area contributed by atoms with E-state index >= 15 is 0 Å². The first-order valence-corrected chi connectivity index (χ1v) is 6.14. The molecule has 1 heterocycles. The lowest BCUT2D eigenvalue weighted by atomic mass is 9.99. The molecule has 2 rings (SSSR count). The van der Waals surface area contributed by atoms with Crippen molar-refractivity contribution in [2.45, 2.75) is 57.9 Å². The third-order valence-corrected chi connectivity index (χ3v) is 3.90. The van der Waals surface area contributed by atoms with E-state index in [1.807, 2.05) is 0 Å². The molecule has 1 saturated heterocycles. The Labute approximate surface area is 82.5 Å². The van der Waals surface area contributed by atoms with E-state index in [4.69, 9.17) is 0 Å². The molecule has 1 nitrogen and oxygen atoms in total. The Balaban J connectivity index is 1.73. The molecule has 2 unspecified atom stereocenters. The fourth-order valence-electron chi connectivity index (χ4n) is 3.03. The minimum Gasteiger partial charge on any atom is -0.300 e. The average molecular weight is 181 g/mol. The van der Waals surface area contributed by atoms with Gasteiger partial charge in [-0.15, -0.1) is 0 Å². The molecule has 0 aromatic rings. The second-order valence-corrected chi connectivity index (χ2v) is 4.86. The van der Waals surface area contributed by atoms with Crippen molar-refractivity contribution in [1.82, 2.24) is 4.90 Å². The van der Waals surface area contributed by atoms with Gasteiger partial charge in [0.1, 0.15) is 0 Å². The van der Waals surface area contributed by atoms with Crippen LogP contribution in [0.2, 0.25) is 0 Å². The van der Waals surface area contributed by atoms with Gasteiger partial charge in [-0.25, -0.2) is 0 Å². The smallest absolute Gasteiger partial charge is 0.00980 e. The van der Waals surface area contributed by atoms with Crippen LogP contribution in [0.1, 0.15) is 51.9 Å². The molecule has 2 atom stereocenters. The molecule has 2 fully saturated rings. The molecule has 13 heavy (non-hydrogen) atoms. The van der Waals surface area contributed by atoms with Gasteiger partial charge < -0.3 is 4.90 Å². The van der Waals surface area contributed by atoms with Crippen molar-refractivity contribution >= 4 is 0 Å². The predicted molar refractivity (Wildman–Crippen MR) is 56.8 cm³/mol. The quantitative estimate of drug-likeness (QED) is 0.603. The summed E-state index contributed by atoms with van der Waals surface area (Å²) in [7, 11) is 0. The SMILES string of the molecule is CCCCCN1CCC2CCC1C2. The summed E-state index contributed by atoms with van der Waals surface area (Å²) in [6.07, 6.45) is 10.2. The lowest BCUT2D eigenvalue weighted by Gasteiger charge is -2.33. The first-order valence-electron chi connectivity index (χ1n) is 6.14. The summed E-state index contributed by atoms with van der Waals surface area (Å²) < 4.78 is 0. The number of rotatable bonds is 4. The summed E-state index contributed by atoms with van der Waals surface area (Å²) >= 11 is 0. The monoisotopic (exact) mass is 181 g/mol. The van der Waals surface area contributed by atoms with Crippen molar-refractivity contribution in [1.29, 1.82) is 0 Å². The molecule has 0 N–H and O–H groups in total. The van der Waals surface area contributed by atoms with Crippen LogP contribution in [0.25, 0.3) is 0 Å². The molecule has 1 aliphatic carbocycles. The summed E-state index contributed by atoms with van der Waals surface area (Å²) in [6.45, 7) is 5.08. The van der Waals surface area contributed by atoms with Crippen molar-refractivity contribution in [3.05, 3.63) is 0 Å². The number of unbranched alkanes of at least 4 members (excludes halogenated alkanes) is 2. The highest BCUT2D eigenvalue weighted by Crippen LogP contribution is 2.36. The van der Waals surface area contributed by atoms with Crippen molar-refractivity contribution in [3.63, 3.8) is 0 Å². The van der Waals surface area contributed by atoms with E-state index < -0.39 is 0 Å². The Morgan fingerprint density at radius 1 is 1.15 bits per heavy atom. The molecule has 1 aliphatic heterocycles. The molecule has 0 amide bonds. The molecule has 0 aromatic heterocycles. The number of hydrogen-bond acceptors (Lipinski definition) is 1. The Kier molecular flexibility index (Phi) is 3.26. The largest absolute Gasteiger partial charge is 0.300 e. The van der Waals surface area contributed by atoms with Crippen LogP contribution in [0.4, 0.5) is 0 Å². The van der Waals surface area contributed by atoms with E-state index in [9.17, 15) is 0 Å². The van der Waals surface area contributed by atoms with E-state index in [0.717, 1.165) is 12.0 Å². The molecule has 2 bridgehead atoms. The molecule has 0 spiro atoms. The first kappa shape index (κ1) is 9.51. The van der Waals surface area contributed by atoms with Gasteiger partial charge in [0.2, 0.25) is 0 Å². The van der Waals surface area contributed by atoms with Gasteiger partial charge in [0.25, 0.3) is 0 Å². The zero-order valence-electron chi connectivity index (χ0n) is 8.97. The minimum atomic E-state index is 0.982. The molecule has 0 radical (unpaired) electrons. The fraction of sp³-hybridized carbons (Fsp3) is 1.00. The lowest BCUT2D eigenvalue weighted by molar-refractivity contribution is 0.153. The zero-order valence-corrected chi connectivity index (χ0v) is 8.97. The number of fused-ring (bicyclic) bond motifs is 2. The molecular weight excluding hydrogens is 158 g/mol. The normalized spacial score (nSPS) is 33.9. The van der Waals surface area contributed by atoms with Crippen LogP contribution in [0.3, 0.4) is 0 Å². The summed E-state index contributed by atoms with van der Waals surface area (Å²) in [6, 6.07) is 0.982. The van der Waals surface area contributed by atoms with Crippen LogP contribution >= 0.6 is 0 Å². The molecule has 76 valence electrons. The number of likely N-dealkylation sites (tertiary alicyclic amines) is 1. The van der Waals surface area contributed by atoms with Gasteiger partial charge in [-0.3, -0.25) is 0 Å². The second-order valence-electron chi connectivity index (χ2n) is 4.86. The molecule has 2 aliphatic rings. The zero-order chi connectivity index (χ0) is 9.10. The Morgan fingerprint density at radius 3 is 2.92 bits per heavy atom. The third kappa shape index (κ3) is 2.25. The average Bonchev–Trinajstić information content (AvgIpc) is 2.53. The first-order chi connectivity index (χ1) is 6.40. The highest BCUT2D eigenvalue weighted by Gasteiger charge is 2.33. The highest BCUT2D eigenvalue weighted by atomic mass is 15.2. The van der Waals surface area contributed by atoms with Crippen LogP contribution in [-0.4, -0.2) is 24.0 Å². The van der Waals surface area contributed by atoms with Crippen LogP contribution in [0.15, 0.2) is 0 Å². The van der Waals surface area contributed by atoms with Crippen molar-refractivity contribution < 1.29 is 0 Å². The maximum absolute atomic E-state index is 2.76. The maximum Gasteiger partial charge on any atom is 0.00980 e. The maximum atomic E-state index is 2.76. The van der Waals surface area contributed by atoms with Gasteiger partial charge in [0, 0.05) is 6.04 Å². The Bertz CT molecular complexity index is 155. The summed E-state index contributed by atoms with van der Waals surface area (Å²) in [5.41, 5.74) is 0. The number of nitrogens with zero attached hydrogens (tertiary/aromatic N) is 1. The van der Waals surface area contributed by atoms with E-state index in [0.29, 0.717) is 0 Å². The van der Waals surface area contributed by atoms with Crippen LogP contribution < -0.4 is 0 Å². The highest BCUT2D eigenvalue weighted by molar-refractivity contribution is 4.88. The molecule has 0 aromatic carbocycles. The fourth-order valence-corrected chi connectivity index (χ4v) is 3.03. The Morgan fingerprint density at radius 2 is 2.08 bits per heavy atom. The molecule has 1 heteroatoms. The van der Waals surface area contributed by atoms with Gasteiger partial charge >= 0.3 is 0 Å². The van der Waals surface area contributed by atoms with Crippen LogP contribution in [0, 0.1) is 5.92 Å². The molecule has 1 saturated carbocycles. The Hall–Kier alpha value is -0.0400. The van der Waals surface area contributed by atoms with Gasteiger partial charge in [-0.1, -0.05) is 19.8 Å². The number of hydrogen-bond donors (Lipinski definition) is 0. The van der Waals surface area contributed by atoms with E-state index in [2.05, 4.69) is 11.8 Å².